The fourth-order valence-corrected chi connectivity index (χ4v) is 3.19. The third-order valence-corrected chi connectivity index (χ3v) is 4.82. The first kappa shape index (κ1) is 21.8. The van der Waals surface area contributed by atoms with Crippen molar-refractivity contribution in [3.05, 3.63) is 52.4 Å². The number of aliphatic hydroxyl groups excluding tert-OH is 2. The number of fused-ring (bicyclic) bond motifs is 1. The van der Waals surface area contributed by atoms with Gasteiger partial charge in [-0.15, -0.1) is 0 Å². The quantitative estimate of drug-likeness (QED) is 0.269. The van der Waals surface area contributed by atoms with E-state index in [4.69, 9.17) is 19.0 Å². The molecule has 1 aliphatic heterocycles. The predicted molar refractivity (Wildman–Crippen MR) is 108 cm³/mol. The number of benzene rings is 2. The Labute approximate surface area is 183 Å². The number of phenolic OH excluding ortho intramolecular Hbond substituents is 3. The Hall–Kier alpha value is -4.42. The second-order valence-electron chi connectivity index (χ2n) is 7.05. The highest BCUT2D eigenvalue weighted by molar-refractivity contribution is 5.88. The summed E-state index contributed by atoms with van der Waals surface area (Å²) >= 11 is 0. The van der Waals surface area contributed by atoms with Crippen molar-refractivity contribution in [2.75, 3.05) is 0 Å². The van der Waals surface area contributed by atoms with Gasteiger partial charge in [0.05, 0.1) is 0 Å². The van der Waals surface area contributed by atoms with E-state index < -0.39 is 64.0 Å². The zero-order chi connectivity index (χ0) is 24.0. The van der Waals surface area contributed by atoms with Crippen LogP contribution in [0.25, 0.3) is 22.3 Å². The Morgan fingerprint density at radius 1 is 0.970 bits per heavy atom. The Bertz CT molecular complexity index is 1360. The third-order valence-electron chi connectivity index (χ3n) is 4.82. The summed E-state index contributed by atoms with van der Waals surface area (Å²) in [6.07, 6.45) is -4.21. The minimum Gasteiger partial charge on any atom is -0.507 e. The van der Waals surface area contributed by atoms with Crippen LogP contribution in [0.5, 0.6) is 28.7 Å². The van der Waals surface area contributed by atoms with Crippen LogP contribution in [0, 0.1) is 0 Å². The van der Waals surface area contributed by atoms with Crippen molar-refractivity contribution in [1.29, 1.82) is 0 Å². The molecule has 12 heteroatoms. The fourth-order valence-electron chi connectivity index (χ4n) is 3.19. The van der Waals surface area contributed by atoms with Gasteiger partial charge < -0.3 is 49.6 Å². The summed E-state index contributed by atoms with van der Waals surface area (Å²) < 4.78 is 15.9. The molecule has 0 radical (unpaired) electrons. The molecule has 0 aliphatic carbocycles. The molecule has 3 aromatic rings. The second kappa shape index (κ2) is 7.93. The van der Waals surface area contributed by atoms with Crippen LogP contribution in [0.15, 0.2) is 51.4 Å². The maximum absolute atomic E-state index is 12.6. The molecule has 0 amide bonds. The number of rotatable bonds is 4. The molecule has 0 saturated carbocycles. The average Bonchev–Trinajstić information content (AvgIpc) is 2.75. The molecule has 2 aromatic carbocycles. The topological polar surface area (TPSA) is 207 Å². The first-order chi connectivity index (χ1) is 15.6. The van der Waals surface area contributed by atoms with Gasteiger partial charge in [0.15, 0.2) is 23.4 Å². The maximum Gasteiger partial charge on any atom is 0.371 e. The second-order valence-corrected chi connectivity index (χ2v) is 7.05. The summed E-state index contributed by atoms with van der Waals surface area (Å²) in [4.78, 5) is 23.7. The van der Waals surface area contributed by atoms with Crippen LogP contribution in [0.2, 0.25) is 0 Å². The first-order valence-corrected chi connectivity index (χ1v) is 9.26. The molecular formula is C21H16O12. The summed E-state index contributed by atoms with van der Waals surface area (Å²) in [5.74, 6) is -5.35. The SMILES string of the molecule is O=C(O)C1=CC(O)C(O)[C@H](Oc2cc(O)c3c(=O)c(O)c(-c4ccc(O)c(O)c4)oc3c2)O1. The minimum absolute atomic E-state index is 0.0259. The summed E-state index contributed by atoms with van der Waals surface area (Å²) in [5.41, 5.74) is -1.27. The molecule has 0 saturated heterocycles. The van der Waals surface area contributed by atoms with Gasteiger partial charge in [-0.25, -0.2) is 4.79 Å². The van der Waals surface area contributed by atoms with E-state index in [0.29, 0.717) is 0 Å². The van der Waals surface area contributed by atoms with E-state index in [-0.39, 0.29) is 22.7 Å². The highest BCUT2D eigenvalue weighted by Crippen LogP contribution is 2.38. The summed E-state index contributed by atoms with van der Waals surface area (Å²) in [6.45, 7) is 0. The Balaban J connectivity index is 1.78. The lowest BCUT2D eigenvalue weighted by Crippen LogP contribution is -2.45. The number of carbonyl (C=O) groups is 1. The smallest absolute Gasteiger partial charge is 0.371 e. The zero-order valence-corrected chi connectivity index (χ0v) is 16.4. The lowest BCUT2D eigenvalue weighted by molar-refractivity contribution is -0.172. The van der Waals surface area contributed by atoms with Gasteiger partial charge in [-0.2, -0.15) is 0 Å². The van der Waals surface area contributed by atoms with Gasteiger partial charge in [0.25, 0.3) is 6.29 Å². The van der Waals surface area contributed by atoms with Crippen molar-refractivity contribution in [2.45, 2.75) is 18.5 Å². The Morgan fingerprint density at radius 3 is 2.36 bits per heavy atom. The van der Waals surface area contributed by atoms with Crippen molar-refractivity contribution < 1.29 is 54.4 Å². The summed E-state index contributed by atoms with van der Waals surface area (Å²) in [7, 11) is 0. The van der Waals surface area contributed by atoms with E-state index in [1.165, 1.54) is 6.07 Å². The molecule has 2 unspecified atom stereocenters. The zero-order valence-electron chi connectivity index (χ0n) is 16.4. The third kappa shape index (κ3) is 3.84. The van der Waals surface area contributed by atoms with Crippen LogP contribution in [-0.2, 0) is 9.53 Å². The van der Waals surface area contributed by atoms with Gasteiger partial charge in [-0.1, -0.05) is 0 Å². The van der Waals surface area contributed by atoms with Gasteiger partial charge in [0.2, 0.25) is 16.9 Å². The molecule has 12 nitrogen and oxygen atoms in total. The number of ether oxygens (including phenoxy) is 2. The van der Waals surface area contributed by atoms with Crippen molar-refractivity contribution in [3.8, 4) is 40.1 Å². The van der Waals surface area contributed by atoms with E-state index in [1.54, 1.807) is 0 Å². The fraction of sp³-hybridized carbons (Fsp3) is 0.143. The molecule has 1 aliphatic rings. The number of carboxylic acids is 1. The van der Waals surface area contributed by atoms with Gasteiger partial charge in [-0.3, -0.25) is 4.79 Å². The van der Waals surface area contributed by atoms with Crippen molar-refractivity contribution in [3.63, 3.8) is 0 Å². The molecular weight excluding hydrogens is 444 g/mol. The number of aliphatic hydroxyl groups is 2. The van der Waals surface area contributed by atoms with E-state index >= 15 is 0 Å². The average molecular weight is 460 g/mol. The molecule has 0 spiro atoms. The van der Waals surface area contributed by atoms with Gasteiger partial charge >= 0.3 is 5.97 Å². The molecule has 3 atom stereocenters. The molecule has 2 heterocycles. The van der Waals surface area contributed by atoms with Crippen molar-refractivity contribution >= 4 is 16.9 Å². The summed E-state index contributed by atoms with van der Waals surface area (Å²) in [6, 6.07) is 5.43. The van der Waals surface area contributed by atoms with Crippen LogP contribution in [-0.4, -0.2) is 60.2 Å². The molecule has 7 N–H and O–H groups in total. The number of aromatic hydroxyl groups is 4. The summed E-state index contributed by atoms with van der Waals surface area (Å²) in [5, 5.41) is 68.2. The van der Waals surface area contributed by atoms with Crippen molar-refractivity contribution in [1.82, 2.24) is 0 Å². The predicted octanol–water partition coefficient (Wildman–Crippen LogP) is 0.708. The number of hydrogen-bond acceptors (Lipinski definition) is 11. The lowest BCUT2D eigenvalue weighted by atomic mass is 10.1. The normalized spacial score (nSPS) is 20.2. The molecule has 1 aromatic heterocycles. The largest absolute Gasteiger partial charge is 0.507 e. The van der Waals surface area contributed by atoms with E-state index in [9.17, 15) is 40.2 Å². The Kier molecular flexibility index (Phi) is 5.24. The number of hydrogen-bond donors (Lipinski definition) is 7. The van der Waals surface area contributed by atoms with Crippen molar-refractivity contribution in [2.24, 2.45) is 0 Å². The molecule has 33 heavy (non-hydrogen) atoms. The monoisotopic (exact) mass is 460 g/mol. The van der Waals surface area contributed by atoms with E-state index in [1.807, 2.05) is 0 Å². The number of aliphatic carboxylic acids is 1. The van der Waals surface area contributed by atoms with E-state index in [0.717, 1.165) is 30.3 Å². The van der Waals surface area contributed by atoms with Gasteiger partial charge in [0.1, 0.15) is 28.6 Å². The van der Waals surface area contributed by atoms with Crippen LogP contribution in [0.3, 0.4) is 0 Å². The highest BCUT2D eigenvalue weighted by atomic mass is 16.7. The van der Waals surface area contributed by atoms with Crippen LogP contribution < -0.4 is 10.2 Å². The first-order valence-electron chi connectivity index (χ1n) is 9.26. The molecule has 4 rings (SSSR count). The minimum atomic E-state index is -1.69. The van der Waals surface area contributed by atoms with E-state index in [2.05, 4.69) is 0 Å². The molecule has 0 bridgehead atoms. The lowest BCUT2D eigenvalue weighted by Gasteiger charge is -2.30. The standard InChI is InChI=1S/C21H16O12/c22-9-2-1-7(3-10(9)23)19-18(28)17(27)15-11(24)4-8(5-13(15)32-19)31-21-16(26)12(25)6-14(33-21)20(29)30/h1-6,12,16,21-26,28H,(H,29,30)/t12?,16?,21-/m1/s1. The van der Waals surface area contributed by atoms with Crippen LogP contribution in [0.4, 0.5) is 0 Å². The molecule has 0 fully saturated rings. The number of carboxylic acid groups (broad SMARTS) is 1. The Morgan fingerprint density at radius 2 is 1.70 bits per heavy atom. The molecule has 172 valence electrons. The van der Waals surface area contributed by atoms with Crippen LogP contribution in [0.1, 0.15) is 0 Å². The van der Waals surface area contributed by atoms with Gasteiger partial charge in [0, 0.05) is 17.7 Å². The maximum atomic E-state index is 12.6. The van der Waals surface area contributed by atoms with Crippen LogP contribution >= 0.6 is 0 Å². The highest BCUT2D eigenvalue weighted by Gasteiger charge is 2.36. The number of phenols is 3. The van der Waals surface area contributed by atoms with Gasteiger partial charge in [-0.05, 0) is 24.3 Å².